The molecule has 0 unspecified atom stereocenters. The summed E-state index contributed by atoms with van der Waals surface area (Å²) < 4.78 is 38.3. The maximum Gasteiger partial charge on any atom is 0.417 e. The average molecular weight is 472 g/mol. The van der Waals surface area contributed by atoms with Crippen molar-refractivity contribution in [3.8, 4) is 0 Å². The van der Waals surface area contributed by atoms with Crippen molar-refractivity contribution < 1.29 is 22.8 Å². The minimum absolute atomic E-state index is 0.000524. The molecule has 3 rings (SSSR count). The summed E-state index contributed by atoms with van der Waals surface area (Å²) in [7, 11) is 0. The lowest BCUT2D eigenvalue weighted by molar-refractivity contribution is -0.137. The first kappa shape index (κ1) is 22.6. The number of H-pyrrole nitrogens is 1. The smallest absolute Gasteiger partial charge is 0.356 e. The molecular formula is C19H14Cl2F3N5O2. The fraction of sp³-hybridized carbons (Fsp3) is 0.158. The summed E-state index contributed by atoms with van der Waals surface area (Å²) in [5.74, 6) is -1.69. The lowest BCUT2D eigenvalue weighted by atomic mass is 9.97. The number of pyridine rings is 2. The summed E-state index contributed by atoms with van der Waals surface area (Å²) in [6.07, 6.45) is -2.67. The number of carbonyl (C=O) groups excluding carboxylic acids is 2. The molecule has 31 heavy (non-hydrogen) atoms. The first-order chi connectivity index (χ1) is 14.6. The molecule has 0 aliphatic rings. The number of hydrogen-bond acceptors (Lipinski definition) is 5. The van der Waals surface area contributed by atoms with E-state index in [-0.39, 0.29) is 27.1 Å². The number of alkyl halides is 3. The number of anilines is 1. The van der Waals surface area contributed by atoms with E-state index in [2.05, 4.69) is 25.8 Å². The van der Waals surface area contributed by atoms with E-state index in [1.807, 2.05) is 0 Å². The van der Waals surface area contributed by atoms with Gasteiger partial charge in [0, 0.05) is 18.0 Å². The normalized spacial score (nSPS) is 12.3. The van der Waals surface area contributed by atoms with E-state index in [0.29, 0.717) is 12.0 Å². The number of nitrogens with zero attached hydrogens (tertiary/aromatic N) is 2. The van der Waals surface area contributed by atoms with Crippen molar-refractivity contribution in [2.24, 2.45) is 0 Å². The van der Waals surface area contributed by atoms with Gasteiger partial charge in [0.25, 0.3) is 5.91 Å². The minimum Gasteiger partial charge on any atom is -0.356 e. The van der Waals surface area contributed by atoms with Gasteiger partial charge in [-0.2, -0.15) is 13.2 Å². The fourth-order valence-electron chi connectivity index (χ4n) is 2.63. The number of aromatic amines is 1. The topological polar surface area (TPSA) is 99.8 Å². The van der Waals surface area contributed by atoms with Gasteiger partial charge in [-0.05, 0) is 31.2 Å². The summed E-state index contributed by atoms with van der Waals surface area (Å²) in [6.45, 7) is 1.46. The van der Waals surface area contributed by atoms with Gasteiger partial charge < -0.3 is 4.98 Å². The van der Waals surface area contributed by atoms with Gasteiger partial charge in [-0.1, -0.05) is 29.3 Å². The second kappa shape index (κ2) is 8.94. The standard InChI is InChI=1S/C19H14Cl2F3N5O2/c1-9(16-12(20)6-11(8-26-16)19(22,23)24)17(30)10-5-13(25-7-10)18(31)29-28-15-4-2-3-14(21)27-15/h2-9,25H,1H3,(H,27,28)(H,29,31)/t9-/m1/s1. The molecule has 3 aromatic heterocycles. The first-order valence-electron chi connectivity index (χ1n) is 8.70. The molecule has 7 nitrogen and oxygen atoms in total. The Kier molecular flexibility index (Phi) is 6.51. The number of rotatable bonds is 6. The van der Waals surface area contributed by atoms with E-state index in [4.69, 9.17) is 23.2 Å². The summed E-state index contributed by atoms with van der Waals surface area (Å²) in [6, 6.07) is 6.81. The summed E-state index contributed by atoms with van der Waals surface area (Å²) in [5.41, 5.74) is 4.16. The molecule has 1 atom stereocenters. The molecule has 0 aromatic carbocycles. The Labute approximate surface area is 184 Å². The van der Waals surface area contributed by atoms with Gasteiger partial charge >= 0.3 is 6.18 Å². The lowest BCUT2D eigenvalue weighted by Gasteiger charge is -2.13. The molecule has 0 aliphatic heterocycles. The zero-order chi connectivity index (χ0) is 22.8. The Morgan fingerprint density at radius 2 is 1.94 bits per heavy atom. The number of halogens is 5. The van der Waals surface area contributed by atoms with E-state index in [1.54, 1.807) is 18.2 Å². The highest BCUT2D eigenvalue weighted by atomic mass is 35.5. The third-order valence-corrected chi connectivity index (χ3v) is 4.75. The van der Waals surface area contributed by atoms with Gasteiger partial charge in [0.15, 0.2) is 5.78 Å². The molecule has 0 aliphatic carbocycles. The Bertz CT molecular complexity index is 1130. The summed E-state index contributed by atoms with van der Waals surface area (Å²) >= 11 is 11.7. The summed E-state index contributed by atoms with van der Waals surface area (Å²) in [4.78, 5) is 35.3. The van der Waals surface area contributed by atoms with E-state index in [9.17, 15) is 22.8 Å². The van der Waals surface area contributed by atoms with Gasteiger partial charge in [0.05, 0.1) is 22.2 Å². The van der Waals surface area contributed by atoms with Crippen molar-refractivity contribution in [2.75, 3.05) is 5.43 Å². The number of ketones is 1. The molecule has 0 saturated heterocycles. The molecule has 3 heterocycles. The molecule has 162 valence electrons. The van der Waals surface area contributed by atoms with Crippen LogP contribution in [0.15, 0.2) is 42.7 Å². The number of aromatic nitrogens is 3. The van der Waals surface area contributed by atoms with Crippen LogP contribution in [0.25, 0.3) is 0 Å². The van der Waals surface area contributed by atoms with Crippen LogP contribution < -0.4 is 10.9 Å². The second-order valence-electron chi connectivity index (χ2n) is 6.40. The van der Waals surface area contributed by atoms with Gasteiger partial charge in [0.2, 0.25) is 0 Å². The zero-order valence-electron chi connectivity index (χ0n) is 15.7. The van der Waals surface area contributed by atoms with Crippen LogP contribution in [0.2, 0.25) is 10.2 Å². The predicted molar refractivity (Wildman–Crippen MR) is 108 cm³/mol. The molecular weight excluding hydrogens is 458 g/mol. The van der Waals surface area contributed by atoms with E-state index < -0.39 is 29.3 Å². The molecule has 3 aromatic rings. The summed E-state index contributed by atoms with van der Waals surface area (Å²) in [5, 5.41) is -0.0427. The Morgan fingerprint density at radius 3 is 2.58 bits per heavy atom. The Morgan fingerprint density at radius 1 is 1.19 bits per heavy atom. The van der Waals surface area contributed by atoms with Crippen molar-refractivity contribution >= 4 is 40.7 Å². The third-order valence-electron chi connectivity index (χ3n) is 4.23. The van der Waals surface area contributed by atoms with Crippen LogP contribution in [0.1, 0.15) is 44.9 Å². The molecule has 0 radical (unpaired) electrons. The quantitative estimate of drug-likeness (QED) is 0.270. The third kappa shape index (κ3) is 5.33. The fourth-order valence-corrected chi connectivity index (χ4v) is 3.12. The number of Topliss-reactive ketones (excluding diaryl/α,β-unsaturated/α-hetero) is 1. The van der Waals surface area contributed by atoms with Crippen molar-refractivity contribution in [3.63, 3.8) is 0 Å². The first-order valence-corrected chi connectivity index (χ1v) is 9.46. The number of nitrogens with one attached hydrogen (secondary N) is 3. The maximum atomic E-state index is 12.8. The van der Waals surface area contributed by atoms with Crippen molar-refractivity contribution in [2.45, 2.75) is 19.0 Å². The number of hydrazine groups is 1. The Hall–Kier alpha value is -3.11. The van der Waals surface area contributed by atoms with Crippen LogP contribution in [-0.4, -0.2) is 26.6 Å². The van der Waals surface area contributed by atoms with Crippen molar-refractivity contribution in [1.82, 2.24) is 20.4 Å². The molecule has 12 heteroatoms. The van der Waals surface area contributed by atoms with Crippen LogP contribution in [0, 0.1) is 0 Å². The highest BCUT2D eigenvalue weighted by Crippen LogP contribution is 2.33. The predicted octanol–water partition coefficient (Wildman–Crippen LogP) is 4.87. The van der Waals surface area contributed by atoms with Crippen LogP contribution >= 0.6 is 23.2 Å². The maximum absolute atomic E-state index is 12.8. The Balaban J connectivity index is 1.70. The van der Waals surface area contributed by atoms with Crippen LogP contribution in [0.5, 0.6) is 0 Å². The van der Waals surface area contributed by atoms with E-state index in [1.165, 1.54) is 19.2 Å². The van der Waals surface area contributed by atoms with Crippen LogP contribution in [0.3, 0.4) is 0 Å². The number of amides is 1. The van der Waals surface area contributed by atoms with E-state index in [0.717, 1.165) is 6.07 Å². The number of hydrogen-bond donors (Lipinski definition) is 3. The molecule has 1 amide bonds. The highest BCUT2D eigenvalue weighted by Gasteiger charge is 2.32. The van der Waals surface area contributed by atoms with Gasteiger partial charge in [0.1, 0.15) is 16.7 Å². The van der Waals surface area contributed by atoms with E-state index >= 15 is 0 Å². The second-order valence-corrected chi connectivity index (χ2v) is 7.20. The molecule has 0 spiro atoms. The highest BCUT2D eigenvalue weighted by molar-refractivity contribution is 6.31. The van der Waals surface area contributed by atoms with Crippen LogP contribution in [0.4, 0.5) is 19.0 Å². The average Bonchev–Trinajstić information content (AvgIpc) is 3.20. The van der Waals surface area contributed by atoms with Gasteiger partial charge in [-0.25, -0.2) is 4.98 Å². The van der Waals surface area contributed by atoms with Gasteiger partial charge in [-0.3, -0.25) is 25.4 Å². The molecule has 3 N–H and O–H groups in total. The van der Waals surface area contributed by atoms with Gasteiger partial charge in [-0.15, -0.1) is 0 Å². The van der Waals surface area contributed by atoms with Crippen molar-refractivity contribution in [3.05, 3.63) is 75.4 Å². The molecule has 0 fully saturated rings. The minimum atomic E-state index is -4.60. The molecule has 0 saturated carbocycles. The number of carbonyl (C=O) groups is 2. The SMILES string of the molecule is C[C@@H](C(=O)c1c[nH]c(C(=O)NNc2cccc(Cl)n2)c1)c1ncc(C(F)(F)F)cc1Cl. The molecule has 0 bridgehead atoms. The monoisotopic (exact) mass is 471 g/mol. The van der Waals surface area contributed by atoms with Crippen molar-refractivity contribution in [1.29, 1.82) is 0 Å². The van der Waals surface area contributed by atoms with Crippen LogP contribution in [-0.2, 0) is 6.18 Å². The largest absolute Gasteiger partial charge is 0.417 e. The lowest BCUT2D eigenvalue weighted by Crippen LogP contribution is -2.30. The zero-order valence-corrected chi connectivity index (χ0v) is 17.2.